The quantitative estimate of drug-likeness (QED) is 0.398. The highest BCUT2D eigenvalue weighted by molar-refractivity contribution is 5.59. The van der Waals surface area contributed by atoms with Crippen LogP contribution in [0.15, 0.2) is 72.8 Å². The van der Waals surface area contributed by atoms with Gasteiger partial charge in [-0.2, -0.15) is 0 Å². The number of hydrogen-bond donors (Lipinski definition) is 1. The Morgan fingerprint density at radius 1 is 0.633 bits per heavy atom. The third kappa shape index (κ3) is 3.99. The molecule has 0 aliphatic heterocycles. The highest BCUT2D eigenvalue weighted by Crippen LogP contribution is 2.50. The van der Waals surface area contributed by atoms with Gasteiger partial charge < -0.3 is 24.1 Å². The molecular formula is C25H28O5. The summed E-state index contributed by atoms with van der Waals surface area (Å²) in [4.78, 5) is 0. The lowest BCUT2D eigenvalue weighted by molar-refractivity contribution is 0.00171. The van der Waals surface area contributed by atoms with E-state index < -0.39 is 5.60 Å². The van der Waals surface area contributed by atoms with Gasteiger partial charge in [0.2, 0.25) is 0 Å². The molecule has 3 rings (SSSR count). The fraction of sp³-hybridized carbons (Fsp3) is 0.280. The van der Waals surface area contributed by atoms with Gasteiger partial charge in [0.15, 0.2) is 5.60 Å². The second kappa shape index (κ2) is 10.1. The van der Waals surface area contributed by atoms with Crippen molar-refractivity contribution >= 4 is 0 Å². The molecule has 0 saturated heterocycles. The molecule has 0 atom stereocenters. The molecule has 0 bridgehead atoms. The summed E-state index contributed by atoms with van der Waals surface area (Å²) < 4.78 is 23.9. The molecule has 0 aliphatic carbocycles. The average Bonchev–Trinajstić information content (AvgIpc) is 2.82. The maximum absolute atomic E-state index is 9.42. The molecule has 0 unspecified atom stereocenters. The van der Waals surface area contributed by atoms with Crippen molar-refractivity contribution in [2.45, 2.75) is 12.0 Å². The van der Waals surface area contributed by atoms with Crippen LogP contribution in [0.2, 0.25) is 0 Å². The van der Waals surface area contributed by atoms with Gasteiger partial charge in [-0.15, -0.1) is 0 Å². The number of aliphatic hydroxyl groups is 1. The minimum Gasteiger partial charge on any atom is -0.496 e. The smallest absolute Gasteiger partial charge is 0.154 e. The summed E-state index contributed by atoms with van der Waals surface area (Å²) >= 11 is 0. The predicted molar refractivity (Wildman–Crippen MR) is 117 cm³/mol. The zero-order valence-corrected chi connectivity index (χ0v) is 17.6. The molecule has 3 aromatic carbocycles. The summed E-state index contributed by atoms with van der Waals surface area (Å²) in [5, 5.41) is 9.42. The Morgan fingerprint density at radius 2 is 1.00 bits per heavy atom. The molecule has 0 radical (unpaired) electrons. The number of hydrogen-bond acceptors (Lipinski definition) is 5. The maximum atomic E-state index is 9.42. The second-order valence-corrected chi connectivity index (χ2v) is 6.71. The largest absolute Gasteiger partial charge is 0.496 e. The van der Waals surface area contributed by atoms with E-state index in [0.29, 0.717) is 30.3 Å². The Kier molecular flexibility index (Phi) is 7.33. The van der Waals surface area contributed by atoms with Crippen molar-refractivity contribution in [2.24, 2.45) is 0 Å². The SMILES string of the molecule is COc1ccccc1C(OCCCO)(c1ccccc1OC)c1ccccc1OC. The van der Waals surface area contributed by atoms with Gasteiger partial charge in [-0.05, 0) is 24.6 Å². The number of ether oxygens (including phenoxy) is 4. The molecular weight excluding hydrogens is 380 g/mol. The summed E-state index contributed by atoms with van der Waals surface area (Å²) in [6, 6.07) is 23.3. The molecule has 0 aliphatic rings. The van der Waals surface area contributed by atoms with E-state index in [2.05, 4.69) is 0 Å². The molecule has 30 heavy (non-hydrogen) atoms. The minimum absolute atomic E-state index is 0.0276. The van der Waals surface area contributed by atoms with Crippen molar-refractivity contribution in [3.8, 4) is 17.2 Å². The lowest BCUT2D eigenvalue weighted by Gasteiger charge is -2.38. The molecule has 0 spiro atoms. The first-order valence-corrected chi connectivity index (χ1v) is 9.88. The van der Waals surface area contributed by atoms with Gasteiger partial charge in [-0.3, -0.25) is 0 Å². The van der Waals surface area contributed by atoms with Crippen LogP contribution in [0.5, 0.6) is 17.2 Å². The van der Waals surface area contributed by atoms with E-state index in [0.717, 1.165) is 16.7 Å². The van der Waals surface area contributed by atoms with Gasteiger partial charge >= 0.3 is 0 Å². The summed E-state index contributed by atoms with van der Waals surface area (Å²) in [5.74, 6) is 2.04. The Balaban J connectivity index is 2.43. The summed E-state index contributed by atoms with van der Waals surface area (Å²) in [5.41, 5.74) is 1.37. The summed E-state index contributed by atoms with van der Waals surface area (Å²) in [6.45, 7) is 0.352. The van der Waals surface area contributed by atoms with Crippen LogP contribution >= 0.6 is 0 Å². The Labute approximate surface area is 177 Å². The minimum atomic E-state index is -1.08. The number of para-hydroxylation sites is 3. The summed E-state index contributed by atoms with van der Waals surface area (Å²) in [7, 11) is 4.92. The molecule has 0 fully saturated rings. The predicted octanol–water partition coefficient (Wildman–Crippen LogP) is 4.40. The fourth-order valence-corrected chi connectivity index (χ4v) is 3.76. The molecule has 3 aromatic rings. The fourth-order valence-electron chi connectivity index (χ4n) is 3.76. The molecule has 0 heterocycles. The van der Waals surface area contributed by atoms with Crippen molar-refractivity contribution in [3.05, 3.63) is 89.5 Å². The normalized spacial score (nSPS) is 11.2. The molecule has 5 nitrogen and oxygen atoms in total. The monoisotopic (exact) mass is 408 g/mol. The zero-order valence-electron chi connectivity index (χ0n) is 17.6. The van der Waals surface area contributed by atoms with Crippen LogP contribution < -0.4 is 14.2 Å². The van der Waals surface area contributed by atoms with Crippen LogP contribution in [0.4, 0.5) is 0 Å². The third-order valence-corrected chi connectivity index (χ3v) is 5.08. The lowest BCUT2D eigenvalue weighted by Crippen LogP contribution is -2.35. The standard InChI is InChI=1S/C25H28O5/c1-27-22-14-7-4-11-19(22)25(30-18-10-17-26,20-12-5-8-15-23(20)28-2)21-13-6-9-16-24(21)29-3/h4-9,11-16,26H,10,17-18H2,1-3H3. The van der Waals surface area contributed by atoms with Gasteiger partial charge in [0.05, 0.1) is 27.9 Å². The Bertz CT molecular complexity index is 838. The molecule has 0 aromatic heterocycles. The third-order valence-electron chi connectivity index (χ3n) is 5.08. The van der Waals surface area contributed by atoms with Crippen LogP contribution in [0, 0.1) is 0 Å². The van der Waals surface area contributed by atoms with Crippen molar-refractivity contribution in [2.75, 3.05) is 34.5 Å². The van der Waals surface area contributed by atoms with Gasteiger partial charge in [0, 0.05) is 23.3 Å². The van der Waals surface area contributed by atoms with E-state index in [-0.39, 0.29) is 6.61 Å². The van der Waals surface area contributed by atoms with Gasteiger partial charge in [-0.1, -0.05) is 54.6 Å². The molecule has 5 heteroatoms. The molecule has 1 N–H and O–H groups in total. The number of rotatable bonds is 10. The zero-order chi connectivity index (χ0) is 21.4. The van der Waals surface area contributed by atoms with Crippen LogP contribution in [-0.4, -0.2) is 39.6 Å². The highest BCUT2D eigenvalue weighted by Gasteiger charge is 2.44. The van der Waals surface area contributed by atoms with Crippen LogP contribution in [0.25, 0.3) is 0 Å². The average molecular weight is 408 g/mol. The topological polar surface area (TPSA) is 57.2 Å². The van der Waals surface area contributed by atoms with Crippen LogP contribution in [-0.2, 0) is 10.3 Å². The van der Waals surface area contributed by atoms with Gasteiger partial charge in [0.25, 0.3) is 0 Å². The van der Waals surface area contributed by atoms with Crippen molar-refractivity contribution in [1.29, 1.82) is 0 Å². The number of benzene rings is 3. The van der Waals surface area contributed by atoms with E-state index in [1.165, 1.54) is 0 Å². The second-order valence-electron chi connectivity index (χ2n) is 6.71. The first kappa shape index (κ1) is 21.7. The first-order valence-electron chi connectivity index (χ1n) is 9.88. The van der Waals surface area contributed by atoms with E-state index in [1.54, 1.807) is 21.3 Å². The van der Waals surface area contributed by atoms with Gasteiger partial charge in [0.1, 0.15) is 17.2 Å². The molecule has 158 valence electrons. The number of aliphatic hydroxyl groups excluding tert-OH is 1. The van der Waals surface area contributed by atoms with Crippen molar-refractivity contribution < 1.29 is 24.1 Å². The van der Waals surface area contributed by atoms with E-state index in [9.17, 15) is 5.11 Å². The maximum Gasteiger partial charge on any atom is 0.154 e. The summed E-state index contributed by atoms with van der Waals surface area (Å²) in [6.07, 6.45) is 0.487. The van der Waals surface area contributed by atoms with E-state index >= 15 is 0 Å². The van der Waals surface area contributed by atoms with Crippen molar-refractivity contribution in [3.63, 3.8) is 0 Å². The van der Waals surface area contributed by atoms with E-state index in [1.807, 2.05) is 72.8 Å². The highest BCUT2D eigenvalue weighted by atomic mass is 16.5. The van der Waals surface area contributed by atoms with Crippen molar-refractivity contribution in [1.82, 2.24) is 0 Å². The van der Waals surface area contributed by atoms with E-state index in [4.69, 9.17) is 18.9 Å². The van der Waals surface area contributed by atoms with Crippen LogP contribution in [0.1, 0.15) is 23.1 Å². The Hall–Kier alpha value is -3.02. The number of methoxy groups -OCH3 is 3. The Morgan fingerprint density at radius 3 is 1.33 bits per heavy atom. The molecule has 0 amide bonds. The van der Waals surface area contributed by atoms with Gasteiger partial charge in [-0.25, -0.2) is 0 Å². The van der Waals surface area contributed by atoms with Crippen LogP contribution in [0.3, 0.4) is 0 Å². The first-order chi connectivity index (χ1) is 14.7. The lowest BCUT2D eigenvalue weighted by atomic mass is 9.78. The molecule has 0 saturated carbocycles.